The fourth-order valence-corrected chi connectivity index (χ4v) is 3.41. The van der Waals surface area contributed by atoms with E-state index in [2.05, 4.69) is 10.3 Å². The third-order valence-electron chi connectivity index (χ3n) is 5.18. The third-order valence-corrected chi connectivity index (χ3v) is 5.18. The highest BCUT2D eigenvalue weighted by Gasteiger charge is 2.23. The number of aromatic nitrogens is 1. The van der Waals surface area contributed by atoms with Crippen molar-refractivity contribution < 1.29 is 18.4 Å². The van der Waals surface area contributed by atoms with Crippen LogP contribution < -0.4 is 11.1 Å². The third kappa shape index (κ3) is 3.81. The van der Waals surface area contributed by atoms with Crippen molar-refractivity contribution in [1.82, 2.24) is 9.88 Å². The van der Waals surface area contributed by atoms with Crippen LogP contribution >= 0.6 is 0 Å². The molecular weight excluding hydrogens is 387 g/mol. The van der Waals surface area contributed by atoms with Crippen LogP contribution in [0.3, 0.4) is 0 Å². The Morgan fingerprint density at radius 1 is 1.43 bits per heavy atom. The molecule has 2 amide bonds. The number of nitrogens with two attached hydrogens (primary N) is 1. The van der Waals surface area contributed by atoms with E-state index in [4.69, 9.17) is 10.2 Å². The van der Waals surface area contributed by atoms with Crippen LogP contribution in [0.1, 0.15) is 22.5 Å². The number of hydrogen-bond acceptors (Lipinski definition) is 5. The van der Waals surface area contributed by atoms with Gasteiger partial charge in [0.15, 0.2) is 0 Å². The minimum atomic E-state index is -0.605. The zero-order valence-electron chi connectivity index (χ0n) is 16.6. The SMILES string of the molecule is Cc1c(CN(C)C(=O)/C=C/c2cnc3c(c2)CC(N)C(=O)N3)oc2ccc(F)cc12. The zero-order valence-corrected chi connectivity index (χ0v) is 16.6. The summed E-state index contributed by atoms with van der Waals surface area (Å²) in [4.78, 5) is 29.9. The molecule has 0 aliphatic carbocycles. The number of carbonyl (C=O) groups excluding carboxylic acids is 2. The number of furan rings is 1. The number of nitrogens with one attached hydrogen (secondary N) is 1. The Bertz CT molecular complexity index is 1180. The lowest BCUT2D eigenvalue weighted by Crippen LogP contribution is -2.41. The van der Waals surface area contributed by atoms with E-state index in [1.165, 1.54) is 23.1 Å². The van der Waals surface area contributed by atoms with Gasteiger partial charge in [0.25, 0.3) is 0 Å². The van der Waals surface area contributed by atoms with E-state index in [1.807, 2.05) is 13.0 Å². The molecule has 3 heterocycles. The number of aryl methyl sites for hydroxylation is 1. The maximum absolute atomic E-state index is 13.5. The normalized spacial score (nSPS) is 16.0. The van der Waals surface area contributed by atoms with Crippen molar-refractivity contribution in [3.05, 3.63) is 64.8 Å². The Kier molecular flexibility index (Phi) is 5.09. The Morgan fingerprint density at radius 2 is 2.23 bits per heavy atom. The summed E-state index contributed by atoms with van der Waals surface area (Å²) in [5.41, 5.74) is 8.74. The number of pyridine rings is 1. The first-order chi connectivity index (χ1) is 14.3. The van der Waals surface area contributed by atoms with E-state index < -0.39 is 6.04 Å². The van der Waals surface area contributed by atoms with Crippen LogP contribution in [0.4, 0.5) is 10.2 Å². The van der Waals surface area contributed by atoms with Crippen LogP contribution in [-0.2, 0) is 22.6 Å². The number of halogens is 1. The molecule has 3 N–H and O–H groups in total. The minimum Gasteiger partial charge on any atom is -0.459 e. The van der Waals surface area contributed by atoms with E-state index in [1.54, 1.807) is 25.4 Å². The summed E-state index contributed by atoms with van der Waals surface area (Å²) in [5, 5.41) is 3.36. The molecule has 30 heavy (non-hydrogen) atoms. The predicted molar refractivity (Wildman–Crippen MR) is 111 cm³/mol. The standard InChI is InChI=1S/C22H21FN4O3/c1-12-16-9-15(23)4-5-18(16)30-19(12)11-27(2)20(28)6-3-13-7-14-8-17(24)22(29)26-21(14)25-10-13/h3-7,9-10,17H,8,11,24H2,1-2H3,(H,25,26,29)/b6-3+. The molecule has 1 aromatic carbocycles. The fourth-order valence-electron chi connectivity index (χ4n) is 3.41. The summed E-state index contributed by atoms with van der Waals surface area (Å²) < 4.78 is 19.3. The quantitative estimate of drug-likeness (QED) is 0.647. The van der Waals surface area contributed by atoms with Gasteiger partial charge in [0.05, 0.1) is 12.6 Å². The molecule has 3 aromatic rings. The Balaban J connectivity index is 1.46. The molecule has 1 aliphatic rings. The molecule has 1 aliphatic heterocycles. The smallest absolute Gasteiger partial charge is 0.246 e. The highest BCUT2D eigenvalue weighted by molar-refractivity contribution is 5.97. The van der Waals surface area contributed by atoms with Gasteiger partial charge in [0.1, 0.15) is 23.0 Å². The van der Waals surface area contributed by atoms with Gasteiger partial charge in [-0.2, -0.15) is 0 Å². The first-order valence-electron chi connectivity index (χ1n) is 9.48. The van der Waals surface area contributed by atoms with Crippen LogP contribution in [0.2, 0.25) is 0 Å². The van der Waals surface area contributed by atoms with Crippen molar-refractivity contribution in [2.75, 3.05) is 12.4 Å². The molecule has 0 radical (unpaired) electrons. The highest BCUT2D eigenvalue weighted by atomic mass is 19.1. The average Bonchev–Trinajstić information content (AvgIpc) is 3.02. The molecule has 0 spiro atoms. The van der Waals surface area contributed by atoms with E-state index in [9.17, 15) is 14.0 Å². The molecule has 1 atom stereocenters. The second-order valence-electron chi connectivity index (χ2n) is 7.39. The molecule has 0 bridgehead atoms. The van der Waals surface area contributed by atoms with E-state index >= 15 is 0 Å². The maximum atomic E-state index is 13.5. The van der Waals surface area contributed by atoms with E-state index in [0.717, 1.165) is 16.7 Å². The van der Waals surface area contributed by atoms with Gasteiger partial charge >= 0.3 is 0 Å². The lowest BCUT2D eigenvalue weighted by molar-refractivity contribution is -0.125. The fraction of sp³-hybridized carbons (Fsp3) is 0.227. The molecule has 7 nitrogen and oxygen atoms in total. The van der Waals surface area contributed by atoms with Crippen molar-refractivity contribution >= 4 is 34.7 Å². The van der Waals surface area contributed by atoms with Gasteiger partial charge in [-0.1, -0.05) is 0 Å². The van der Waals surface area contributed by atoms with Gasteiger partial charge in [-0.05, 0) is 48.4 Å². The minimum absolute atomic E-state index is 0.219. The van der Waals surface area contributed by atoms with Crippen LogP contribution in [0.15, 0.2) is 41.0 Å². The summed E-state index contributed by atoms with van der Waals surface area (Å²) in [6.07, 6.45) is 5.09. The molecule has 0 fully saturated rings. The summed E-state index contributed by atoms with van der Waals surface area (Å²) >= 11 is 0. The van der Waals surface area contributed by atoms with Crippen molar-refractivity contribution in [1.29, 1.82) is 0 Å². The second-order valence-corrected chi connectivity index (χ2v) is 7.39. The van der Waals surface area contributed by atoms with Crippen molar-refractivity contribution in [2.45, 2.75) is 25.9 Å². The van der Waals surface area contributed by atoms with Gasteiger partial charge in [0.2, 0.25) is 11.8 Å². The van der Waals surface area contributed by atoms with Crippen molar-refractivity contribution in [3.8, 4) is 0 Å². The monoisotopic (exact) mass is 408 g/mol. The number of amides is 2. The van der Waals surface area contributed by atoms with Crippen molar-refractivity contribution in [2.24, 2.45) is 5.73 Å². The topological polar surface area (TPSA) is 101 Å². The highest BCUT2D eigenvalue weighted by Crippen LogP contribution is 2.27. The number of rotatable bonds is 4. The lowest BCUT2D eigenvalue weighted by atomic mass is 10.0. The van der Waals surface area contributed by atoms with Gasteiger partial charge < -0.3 is 20.4 Å². The molecule has 154 valence electrons. The van der Waals surface area contributed by atoms with Crippen molar-refractivity contribution in [3.63, 3.8) is 0 Å². The number of benzene rings is 1. The van der Waals surface area contributed by atoms with Gasteiger partial charge in [-0.25, -0.2) is 9.37 Å². The number of likely N-dealkylation sites (N-methyl/N-ethyl adjacent to an activating group) is 1. The summed E-state index contributed by atoms with van der Waals surface area (Å²) in [7, 11) is 1.67. The number of fused-ring (bicyclic) bond motifs is 2. The predicted octanol–water partition coefficient (Wildman–Crippen LogP) is 2.77. The number of carbonyl (C=O) groups is 2. The molecule has 2 aromatic heterocycles. The molecule has 1 unspecified atom stereocenters. The molecule has 8 heteroatoms. The Morgan fingerprint density at radius 3 is 3.03 bits per heavy atom. The molecule has 4 rings (SSSR count). The average molecular weight is 408 g/mol. The lowest BCUT2D eigenvalue weighted by Gasteiger charge is -2.20. The van der Waals surface area contributed by atoms with Gasteiger partial charge in [-0.15, -0.1) is 0 Å². The molecule has 0 saturated heterocycles. The Labute approximate surface area is 172 Å². The van der Waals surface area contributed by atoms with Crippen LogP contribution in [-0.4, -0.2) is 34.8 Å². The van der Waals surface area contributed by atoms with E-state index in [0.29, 0.717) is 29.0 Å². The van der Waals surface area contributed by atoms with Crippen LogP contribution in [0.25, 0.3) is 17.0 Å². The Hall–Kier alpha value is -3.52. The summed E-state index contributed by atoms with van der Waals surface area (Å²) in [6, 6.07) is 5.60. The second kappa shape index (κ2) is 7.72. The van der Waals surface area contributed by atoms with Crippen LogP contribution in [0, 0.1) is 12.7 Å². The number of nitrogens with zero attached hydrogens (tertiary/aromatic N) is 2. The largest absolute Gasteiger partial charge is 0.459 e. The maximum Gasteiger partial charge on any atom is 0.246 e. The van der Waals surface area contributed by atoms with Gasteiger partial charge in [0, 0.05) is 36.7 Å². The number of anilines is 1. The zero-order chi connectivity index (χ0) is 21.4. The van der Waals surface area contributed by atoms with E-state index in [-0.39, 0.29) is 24.2 Å². The van der Waals surface area contributed by atoms with Crippen LogP contribution in [0.5, 0.6) is 0 Å². The molecule has 0 saturated carbocycles. The first kappa shape index (κ1) is 19.8. The van der Waals surface area contributed by atoms with Gasteiger partial charge in [-0.3, -0.25) is 9.59 Å². The summed E-state index contributed by atoms with van der Waals surface area (Å²) in [6.45, 7) is 2.10. The number of hydrogen-bond donors (Lipinski definition) is 2. The first-order valence-corrected chi connectivity index (χ1v) is 9.48. The summed E-state index contributed by atoms with van der Waals surface area (Å²) in [5.74, 6) is 0.311. The molecular formula is C22H21FN4O3.